The smallest absolute Gasteiger partial charge is 0.202 e. The number of nitrogens with one attached hydrogen (secondary N) is 1. The zero-order valence-electron chi connectivity index (χ0n) is 10.5. The number of hydrogen-bond donors (Lipinski definition) is 1. The molecule has 3 nitrogen and oxygen atoms in total. The van der Waals surface area contributed by atoms with Gasteiger partial charge in [-0.15, -0.1) is 0 Å². The van der Waals surface area contributed by atoms with Gasteiger partial charge in [0.25, 0.3) is 0 Å². The molecule has 0 aliphatic carbocycles. The largest absolute Gasteiger partial charge is 0.353 e. The summed E-state index contributed by atoms with van der Waals surface area (Å²) in [6.45, 7) is 8.76. The second-order valence-corrected chi connectivity index (χ2v) is 4.83. The quantitative estimate of drug-likeness (QED) is 0.808. The highest BCUT2D eigenvalue weighted by molar-refractivity contribution is 5.29. The Kier molecular flexibility index (Phi) is 4.18. The minimum absolute atomic E-state index is 0.493. The molecule has 1 atom stereocenters. The summed E-state index contributed by atoms with van der Waals surface area (Å²) in [5.41, 5.74) is 1.07. The third-order valence-corrected chi connectivity index (χ3v) is 2.55. The first-order valence-electron chi connectivity index (χ1n) is 5.75. The second-order valence-electron chi connectivity index (χ2n) is 4.83. The summed E-state index contributed by atoms with van der Waals surface area (Å²) in [6, 6.07) is 0.493. The van der Waals surface area contributed by atoms with Crippen molar-refractivity contribution in [2.45, 2.75) is 46.6 Å². The van der Waals surface area contributed by atoms with E-state index in [0.29, 0.717) is 6.04 Å². The van der Waals surface area contributed by atoms with Gasteiger partial charge < -0.3 is 9.88 Å². The zero-order chi connectivity index (χ0) is 11.4. The molecule has 86 valence electrons. The van der Waals surface area contributed by atoms with E-state index in [0.717, 1.165) is 17.6 Å². The molecule has 0 aromatic carbocycles. The fourth-order valence-electron chi connectivity index (χ4n) is 1.63. The van der Waals surface area contributed by atoms with E-state index in [1.807, 2.05) is 24.7 Å². The van der Waals surface area contributed by atoms with Gasteiger partial charge in [-0.3, -0.25) is 0 Å². The SMILES string of the molecule is Cc1cn(C)c(NC(C)CCC(C)C)n1. The molecule has 1 heterocycles. The number of aryl methyl sites for hydroxylation is 2. The van der Waals surface area contributed by atoms with Crippen LogP contribution in [0.4, 0.5) is 5.95 Å². The molecular weight excluding hydrogens is 186 g/mol. The molecule has 1 aromatic rings. The molecular formula is C12H23N3. The highest BCUT2D eigenvalue weighted by Gasteiger charge is 2.07. The van der Waals surface area contributed by atoms with Gasteiger partial charge >= 0.3 is 0 Å². The van der Waals surface area contributed by atoms with Crippen molar-refractivity contribution in [3.63, 3.8) is 0 Å². The summed E-state index contributed by atoms with van der Waals surface area (Å²) < 4.78 is 2.04. The van der Waals surface area contributed by atoms with Gasteiger partial charge in [0.05, 0.1) is 5.69 Å². The topological polar surface area (TPSA) is 29.9 Å². The predicted octanol–water partition coefficient (Wildman–Crippen LogP) is 2.97. The molecule has 0 aliphatic heterocycles. The molecule has 0 aliphatic rings. The Hall–Kier alpha value is -0.990. The first-order chi connectivity index (χ1) is 6.99. The lowest BCUT2D eigenvalue weighted by Gasteiger charge is -2.15. The zero-order valence-corrected chi connectivity index (χ0v) is 10.5. The maximum absolute atomic E-state index is 4.43. The molecule has 15 heavy (non-hydrogen) atoms. The fraction of sp³-hybridized carbons (Fsp3) is 0.750. The van der Waals surface area contributed by atoms with Gasteiger partial charge in [0, 0.05) is 19.3 Å². The first-order valence-corrected chi connectivity index (χ1v) is 5.75. The van der Waals surface area contributed by atoms with Crippen LogP contribution in [0, 0.1) is 12.8 Å². The van der Waals surface area contributed by atoms with Crippen LogP contribution in [0.3, 0.4) is 0 Å². The Morgan fingerprint density at radius 1 is 1.33 bits per heavy atom. The van der Waals surface area contributed by atoms with Crippen molar-refractivity contribution in [3.05, 3.63) is 11.9 Å². The fourth-order valence-corrected chi connectivity index (χ4v) is 1.63. The van der Waals surface area contributed by atoms with Gasteiger partial charge in [0.1, 0.15) is 0 Å². The Bertz CT molecular complexity index is 302. The molecule has 0 saturated heterocycles. The molecule has 0 radical (unpaired) electrons. The number of aromatic nitrogens is 2. The van der Waals surface area contributed by atoms with E-state index < -0.39 is 0 Å². The number of imidazole rings is 1. The molecule has 1 unspecified atom stereocenters. The van der Waals surface area contributed by atoms with Gasteiger partial charge in [0.15, 0.2) is 0 Å². The van der Waals surface area contributed by atoms with Gasteiger partial charge in [-0.05, 0) is 32.6 Å². The van der Waals surface area contributed by atoms with Crippen LogP contribution in [0.2, 0.25) is 0 Å². The monoisotopic (exact) mass is 209 g/mol. The van der Waals surface area contributed by atoms with Crippen molar-refractivity contribution in [1.29, 1.82) is 0 Å². The number of anilines is 1. The van der Waals surface area contributed by atoms with Crippen molar-refractivity contribution in [3.8, 4) is 0 Å². The summed E-state index contributed by atoms with van der Waals surface area (Å²) in [4.78, 5) is 4.43. The standard InChI is InChI=1S/C12H23N3/c1-9(2)6-7-10(3)13-12-14-11(4)8-15(12)5/h8-10H,6-7H2,1-5H3,(H,13,14). The van der Waals surface area contributed by atoms with E-state index in [1.165, 1.54) is 12.8 Å². The molecule has 1 N–H and O–H groups in total. The van der Waals surface area contributed by atoms with E-state index in [9.17, 15) is 0 Å². The molecule has 1 aromatic heterocycles. The van der Waals surface area contributed by atoms with Crippen LogP contribution in [0.1, 0.15) is 39.3 Å². The highest BCUT2D eigenvalue weighted by atomic mass is 15.2. The Morgan fingerprint density at radius 3 is 2.47 bits per heavy atom. The van der Waals surface area contributed by atoms with Crippen molar-refractivity contribution < 1.29 is 0 Å². The van der Waals surface area contributed by atoms with Gasteiger partial charge in [-0.1, -0.05) is 13.8 Å². The van der Waals surface area contributed by atoms with Crippen LogP contribution in [-0.2, 0) is 7.05 Å². The molecule has 0 amide bonds. The summed E-state index contributed by atoms with van der Waals surface area (Å²) in [6.07, 6.45) is 4.50. The summed E-state index contributed by atoms with van der Waals surface area (Å²) in [5.74, 6) is 1.75. The van der Waals surface area contributed by atoms with E-state index in [4.69, 9.17) is 0 Å². The second kappa shape index (κ2) is 5.19. The van der Waals surface area contributed by atoms with Crippen LogP contribution in [0.5, 0.6) is 0 Å². The highest BCUT2D eigenvalue weighted by Crippen LogP contribution is 2.12. The maximum Gasteiger partial charge on any atom is 0.202 e. The summed E-state index contributed by atoms with van der Waals surface area (Å²) >= 11 is 0. The molecule has 0 saturated carbocycles. The lowest BCUT2D eigenvalue weighted by molar-refractivity contribution is 0.525. The van der Waals surface area contributed by atoms with Gasteiger partial charge in [-0.25, -0.2) is 4.98 Å². The predicted molar refractivity (Wildman–Crippen MR) is 65.1 cm³/mol. The van der Waals surface area contributed by atoms with E-state index in [-0.39, 0.29) is 0 Å². The molecule has 0 fully saturated rings. The van der Waals surface area contributed by atoms with Crippen LogP contribution >= 0.6 is 0 Å². The van der Waals surface area contributed by atoms with Crippen LogP contribution in [0.15, 0.2) is 6.20 Å². The number of rotatable bonds is 5. The third kappa shape index (κ3) is 3.94. The van der Waals surface area contributed by atoms with Crippen LogP contribution in [-0.4, -0.2) is 15.6 Å². The summed E-state index contributed by atoms with van der Waals surface area (Å²) in [5, 5.41) is 3.44. The Labute approximate surface area is 92.9 Å². The van der Waals surface area contributed by atoms with Crippen molar-refractivity contribution >= 4 is 5.95 Å². The molecule has 3 heteroatoms. The lowest BCUT2D eigenvalue weighted by atomic mass is 10.0. The normalized spacial score (nSPS) is 13.2. The van der Waals surface area contributed by atoms with E-state index in [1.54, 1.807) is 0 Å². The number of nitrogens with zero attached hydrogens (tertiary/aromatic N) is 2. The summed E-state index contributed by atoms with van der Waals surface area (Å²) in [7, 11) is 2.03. The molecule has 1 rings (SSSR count). The maximum atomic E-state index is 4.43. The molecule has 0 spiro atoms. The average Bonchev–Trinajstić information content (AvgIpc) is 2.42. The van der Waals surface area contributed by atoms with E-state index >= 15 is 0 Å². The Morgan fingerprint density at radius 2 is 2.00 bits per heavy atom. The Balaban J connectivity index is 2.44. The van der Waals surface area contributed by atoms with Gasteiger partial charge in [-0.2, -0.15) is 0 Å². The first kappa shape index (κ1) is 12.1. The van der Waals surface area contributed by atoms with Crippen LogP contribution in [0.25, 0.3) is 0 Å². The van der Waals surface area contributed by atoms with E-state index in [2.05, 4.69) is 31.1 Å². The van der Waals surface area contributed by atoms with Gasteiger partial charge in [0.2, 0.25) is 5.95 Å². The van der Waals surface area contributed by atoms with Crippen molar-refractivity contribution in [2.75, 3.05) is 5.32 Å². The van der Waals surface area contributed by atoms with Crippen molar-refractivity contribution in [2.24, 2.45) is 13.0 Å². The average molecular weight is 209 g/mol. The third-order valence-electron chi connectivity index (χ3n) is 2.55. The van der Waals surface area contributed by atoms with Crippen molar-refractivity contribution in [1.82, 2.24) is 9.55 Å². The minimum atomic E-state index is 0.493. The molecule has 0 bridgehead atoms. The lowest BCUT2D eigenvalue weighted by Crippen LogP contribution is -2.18. The number of hydrogen-bond acceptors (Lipinski definition) is 2. The minimum Gasteiger partial charge on any atom is -0.353 e. The van der Waals surface area contributed by atoms with Crippen LogP contribution < -0.4 is 5.32 Å².